The molecule has 3 atom stereocenters. The Morgan fingerprint density at radius 2 is 1.59 bits per heavy atom. The highest BCUT2D eigenvalue weighted by Crippen LogP contribution is 2.54. The number of rotatable bonds is 7. The molecule has 1 fully saturated rings. The highest BCUT2D eigenvalue weighted by Gasteiger charge is 2.42. The molecule has 0 bridgehead atoms. The molecule has 4 rings (SSSR count). The van der Waals surface area contributed by atoms with Crippen molar-refractivity contribution in [3.63, 3.8) is 0 Å². The first-order valence-electron chi connectivity index (χ1n) is 9.44. The van der Waals surface area contributed by atoms with E-state index in [1.807, 2.05) is 24.3 Å². The van der Waals surface area contributed by atoms with Crippen LogP contribution < -0.4 is 14.2 Å². The summed E-state index contributed by atoms with van der Waals surface area (Å²) >= 11 is 0. The zero-order chi connectivity index (χ0) is 18.6. The number of methoxy groups -OCH3 is 2. The van der Waals surface area contributed by atoms with Gasteiger partial charge in [0, 0.05) is 25.7 Å². The number of hydrogen-bond acceptors (Lipinski definition) is 5. The molecule has 0 radical (unpaired) electrons. The summed E-state index contributed by atoms with van der Waals surface area (Å²) in [6.45, 7) is 0.513. The molecule has 1 heterocycles. The van der Waals surface area contributed by atoms with Gasteiger partial charge in [0.2, 0.25) is 0 Å². The standard InChI is InChI=1S/C22H26O5/c1-23-13-25-16-8-6-15(7-9-16)22-19-5-3-4-18(19)20-12-17(26-14-24-2)10-11-21(20)27-22/h6-12,18-19,22H,3-5,13-14H2,1-2H3/t18-,19+,22+/m0/s1. The van der Waals surface area contributed by atoms with Crippen LogP contribution in [-0.2, 0) is 9.47 Å². The van der Waals surface area contributed by atoms with Gasteiger partial charge >= 0.3 is 0 Å². The van der Waals surface area contributed by atoms with Crippen molar-refractivity contribution < 1.29 is 23.7 Å². The third kappa shape index (κ3) is 3.75. The van der Waals surface area contributed by atoms with Crippen LogP contribution in [-0.4, -0.2) is 27.8 Å². The van der Waals surface area contributed by atoms with Crippen molar-refractivity contribution in [3.8, 4) is 17.2 Å². The molecule has 1 saturated carbocycles. The van der Waals surface area contributed by atoms with E-state index in [0.29, 0.717) is 11.8 Å². The van der Waals surface area contributed by atoms with Gasteiger partial charge in [-0.05, 0) is 54.7 Å². The highest BCUT2D eigenvalue weighted by molar-refractivity contribution is 5.46. The van der Waals surface area contributed by atoms with E-state index in [1.165, 1.54) is 30.4 Å². The molecule has 1 aliphatic heterocycles. The maximum absolute atomic E-state index is 6.46. The minimum Gasteiger partial charge on any atom is -0.485 e. The van der Waals surface area contributed by atoms with Gasteiger partial charge in [0.05, 0.1) is 0 Å². The lowest BCUT2D eigenvalue weighted by atomic mass is 9.80. The minimum atomic E-state index is 0.0761. The molecule has 1 aliphatic carbocycles. The smallest absolute Gasteiger partial charge is 0.188 e. The van der Waals surface area contributed by atoms with Gasteiger partial charge in [0.25, 0.3) is 0 Å². The molecule has 0 saturated heterocycles. The van der Waals surface area contributed by atoms with Crippen molar-refractivity contribution in [1.82, 2.24) is 0 Å². The van der Waals surface area contributed by atoms with E-state index >= 15 is 0 Å². The Kier molecular flexibility index (Phi) is 5.50. The van der Waals surface area contributed by atoms with E-state index < -0.39 is 0 Å². The SMILES string of the molecule is COCOc1ccc([C@H]2Oc3ccc(OCOC)cc3[C@H]3CCC[C@H]32)cc1. The second-order valence-electron chi connectivity index (χ2n) is 7.11. The van der Waals surface area contributed by atoms with Gasteiger partial charge in [0.1, 0.15) is 23.4 Å². The molecule has 2 aromatic carbocycles. The zero-order valence-electron chi connectivity index (χ0n) is 15.9. The number of hydrogen-bond donors (Lipinski definition) is 0. The zero-order valence-corrected chi connectivity index (χ0v) is 15.9. The molecular weight excluding hydrogens is 344 g/mol. The van der Waals surface area contributed by atoms with Gasteiger partial charge < -0.3 is 23.7 Å². The summed E-state index contributed by atoms with van der Waals surface area (Å²) in [7, 11) is 3.25. The largest absolute Gasteiger partial charge is 0.485 e. The van der Waals surface area contributed by atoms with Gasteiger partial charge in [-0.25, -0.2) is 0 Å². The van der Waals surface area contributed by atoms with Crippen LogP contribution in [0.5, 0.6) is 17.2 Å². The summed E-state index contributed by atoms with van der Waals surface area (Å²) in [5.74, 6) is 3.60. The van der Waals surface area contributed by atoms with Crippen LogP contribution in [0.2, 0.25) is 0 Å². The molecule has 0 aromatic heterocycles. The summed E-state index contributed by atoms with van der Waals surface area (Å²) in [6, 6.07) is 14.3. The van der Waals surface area contributed by atoms with Crippen LogP contribution in [0, 0.1) is 5.92 Å². The number of fused-ring (bicyclic) bond motifs is 3. The van der Waals surface area contributed by atoms with Crippen LogP contribution >= 0.6 is 0 Å². The van der Waals surface area contributed by atoms with Gasteiger partial charge in [-0.2, -0.15) is 0 Å². The summed E-state index contributed by atoms with van der Waals surface area (Å²) in [5, 5.41) is 0. The Labute approximate surface area is 160 Å². The fourth-order valence-electron chi connectivity index (χ4n) is 4.30. The van der Waals surface area contributed by atoms with E-state index in [1.54, 1.807) is 14.2 Å². The van der Waals surface area contributed by atoms with Crippen LogP contribution in [0.15, 0.2) is 42.5 Å². The summed E-state index contributed by atoms with van der Waals surface area (Å²) < 4.78 is 27.6. The molecule has 5 nitrogen and oxygen atoms in total. The lowest BCUT2D eigenvalue weighted by Crippen LogP contribution is -2.26. The van der Waals surface area contributed by atoms with E-state index in [0.717, 1.165) is 17.2 Å². The molecule has 0 amide bonds. The lowest BCUT2D eigenvalue weighted by molar-refractivity contribution is 0.0502. The first-order chi connectivity index (χ1) is 13.3. The molecule has 0 N–H and O–H groups in total. The highest BCUT2D eigenvalue weighted by atomic mass is 16.7. The van der Waals surface area contributed by atoms with Crippen LogP contribution in [0.4, 0.5) is 0 Å². The third-order valence-corrected chi connectivity index (χ3v) is 5.49. The predicted molar refractivity (Wildman–Crippen MR) is 101 cm³/mol. The van der Waals surface area contributed by atoms with Crippen LogP contribution in [0.1, 0.15) is 42.4 Å². The van der Waals surface area contributed by atoms with Crippen LogP contribution in [0.25, 0.3) is 0 Å². The molecule has 2 aromatic rings. The summed E-state index contributed by atoms with van der Waals surface area (Å²) in [6.07, 6.45) is 3.68. The first kappa shape index (κ1) is 18.1. The quantitative estimate of drug-likeness (QED) is 0.663. The number of ether oxygens (including phenoxy) is 5. The molecule has 5 heteroatoms. The molecule has 0 unspecified atom stereocenters. The number of benzene rings is 2. The molecule has 27 heavy (non-hydrogen) atoms. The molecular formula is C22H26O5. The van der Waals surface area contributed by atoms with Crippen molar-refractivity contribution in [2.75, 3.05) is 27.8 Å². The maximum atomic E-state index is 6.46. The Bertz CT molecular complexity index is 758. The Morgan fingerprint density at radius 1 is 0.889 bits per heavy atom. The maximum Gasteiger partial charge on any atom is 0.188 e. The normalized spacial score (nSPS) is 23.3. The average Bonchev–Trinajstić information content (AvgIpc) is 3.21. The van der Waals surface area contributed by atoms with Gasteiger partial charge in [-0.3, -0.25) is 0 Å². The Morgan fingerprint density at radius 3 is 2.33 bits per heavy atom. The van der Waals surface area contributed by atoms with Crippen LogP contribution in [0.3, 0.4) is 0 Å². The lowest BCUT2D eigenvalue weighted by Gasteiger charge is -2.36. The van der Waals surface area contributed by atoms with E-state index in [2.05, 4.69) is 18.2 Å². The minimum absolute atomic E-state index is 0.0761. The fourth-order valence-corrected chi connectivity index (χ4v) is 4.30. The molecule has 2 aliphatic rings. The Hall–Kier alpha value is -2.24. The first-order valence-corrected chi connectivity index (χ1v) is 9.44. The van der Waals surface area contributed by atoms with Crippen molar-refractivity contribution in [1.29, 1.82) is 0 Å². The van der Waals surface area contributed by atoms with E-state index in [-0.39, 0.29) is 19.7 Å². The predicted octanol–water partition coefficient (Wildman–Crippen LogP) is 4.67. The van der Waals surface area contributed by atoms with Crippen molar-refractivity contribution in [3.05, 3.63) is 53.6 Å². The fraction of sp³-hybridized carbons (Fsp3) is 0.455. The van der Waals surface area contributed by atoms with Gasteiger partial charge in [-0.1, -0.05) is 18.6 Å². The third-order valence-electron chi connectivity index (χ3n) is 5.49. The van der Waals surface area contributed by atoms with E-state index in [9.17, 15) is 0 Å². The van der Waals surface area contributed by atoms with Crippen molar-refractivity contribution in [2.24, 2.45) is 5.92 Å². The van der Waals surface area contributed by atoms with Gasteiger partial charge in [-0.15, -0.1) is 0 Å². The molecule has 0 spiro atoms. The summed E-state index contributed by atoms with van der Waals surface area (Å²) in [4.78, 5) is 0. The second kappa shape index (κ2) is 8.19. The van der Waals surface area contributed by atoms with Gasteiger partial charge in [0.15, 0.2) is 13.6 Å². The Balaban J connectivity index is 1.58. The van der Waals surface area contributed by atoms with Crippen molar-refractivity contribution in [2.45, 2.75) is 31.3 Å². The average molecular weight is 370 g/mol. The second-order valence-corrected chi connectivity index (χ2v) is 7.11. The van der Waals surface area contributed by atoms with Crippen molar-refractivity contribution >= 4 is 0 Å². The molecule has 144 valence electrons. The van der Waals surface area contributed by atoms with E-state index in [4.69, 9.17) is 23.7 Å². The monoisotopic (exact) mass is 370 g/mol. The topological polar surface area (TPSA) is 46.2 Å². The summed E-state index contributed by atoms with van der Waals surface area (Å²) in [5.41, 5.74) is 2.46.